The Kier molecular flexibility index (Phi) is 10.7. The minimum atomic E-state index is -0.273. The Morgan fingerprint density at radius 2 is 1.74 bits per heavy atom. The van der Waals surface area contributed by atoms with Gasteiger partial charge in [-0.05, 0) is 78.6 Å². The van der Waals surface area contributed by atoms with Gasteiger partial charge in [-0.15, -0.1) is 0 Å². The van der Waals surface area contributed by atoms with Gasteiger partial charge >= 0.3 is 0 Å². The molecular formula is C39H50N4O4. The largest absolute Gasteiger partial charge is 0.496 e. The van der Waals surface area contributed by atoms with Crippen LogP contribution in [0.1, 0.15) is 74.0 Å². The summed E-state index contributed by atoms with van der Waals surface area (Å²) >= 11 is 0. The number of allylic oxidation sites excluding steroid dienone is 1. The number of aryl methyl sites for hydroxylation is 1. The molecule has 1 aromatic heterocycles. The van der Waals surface area contributed by atoms with E-state index in [2.05, 4.69) is 50.1 Å². The minimum absolute atomic E-state index is 0.00478. The van der Waals surface area contributed by atoms with Crippen molar-refractivity contribution in [3.63, 3.8) is 0 Å². The summed E-state index contributed by atoms with van der Waals surface area (Å²) in [5.74, 6) is 1.42. The normalized spacial score (nSPS) is 15.1. The number of hydrogen-bond acceptors (Lipinski definition) is 6. The molecule has 1 amide bonds. The standard InChI is InChI=1S/C39H50N4O4/c1-24(2)36-31-14-12-13-27(30(31)15-16-43(36)38(45)29(20-40)19-39(5,6)7)21-41(8)22-33-34(46-10)17-28(18-35(33)47-11)32-23-42(9)37(44)26(4)25(32)3/h12-14,17-19,23-24,36H,15-16,21-22H2,1-11H3/b29-19+. The van der Waals surface area contributed by atoms with Gasteiger partial charge in [0.05, 0.1) is 25.8 Å². The number of ether oxygens (including phenoxy) is 2. The van der Waals surface area contributed by atoms with E-state index in [9.17, 15) is 14.9 Å². The highest BCUT2D eigenvalue weighted by Crippen LogP contribution is 2.40. The van der Waals surface area contributed by atoms with Crippen LogP contribution in [0.25, 0.3) is 11.1 Å². The number of rotatable bonds is 9. The molecule has 1 aliphatic heterocycles. The molecule has 47 heavy (non-hydrogen) atoms. The Bertz CT molecular complexity index is 1760. The predicted octanol–water partition coefficient (Wildman–Crippen LogP) is 6.90. The Balaban J connectivity index is 1.65. The maximum Gasteiger partial charge on any atom is 0.264 e. The third kappa shape index (κ3) is 7.47. The Hall–Kier alpha value is -4.35. The number of amides is 1. The number of methoxy groups -OCH3 is 2. The molecule has 0 aliphatic carbocycles. The smallest absolute Gasteiger partial charge is 0.264 e. The third-order valence-corrected chi connectivity index (χ3v) is 9.10. The highest BCUT2D eigenvalue weighted by molar-refractivity contribution is 5.97. The predicted molar refractivity (Wildman–Crippen MR) is 187 cm³/mol. The SMILES string of the molecule is COc1cc(-c2cn(C)c(=O)c(C)c2C)cc(OC)c1CN(C)Cc1cccc2c1CCN(C(=O)/C(C#N)=C/C(C)(C)C)C2C(C)C. The first-order valence-corrected chi connectivity index (χ1v) is 16.3. The summed E-state index contributed by atoms with van der Waals surface area (Å²) in [6.45, 7) is 15.9. The lowest BCUT2D eigenvalue weighted by Gasteiger charge is -2.41. The van der Waals surface area contributed by atoms with Crippen LogP contribution in [0.15, 0.2) is 53.0 Å². The zero-order valence-electron chi connectivity index (χ0n) is 29.9. The zero-order valence-corrected chi connectivity index (χ0v) is 29.9. The van der Waals surface area contributed by atoms with Crippen LogP contribution >= 0.6 is 0 Å². The van der Waals surface area contributed by atoms with Gasteiger partial charge in [0.2, 0.25) is 0 Å². The molecular weight excluding hydrogens is 588 g/mol. The maximum atomic E-state index is 13.7. The summed E-state index contributed by atoms with van der Waals surface area (Å²) in [4.78, 5) is 30.3. The van der Waals surface area contributed by atoms with Crippen LogP contribution in [0.3, 0.4) is 0 Å². The zero-order chi connectivity index (χ0) is 34.8. The second-order valence-corrected chi connectivity index (χ2v) is 14.2. The molecule has 0 radical (unpaired) electrons. The van der Waals surface area contributed by atoms with Gasteiger partial charge in [-0.25, -0.2) is 0 Å². The first kappa shape index (κ1) is 35.5. The quantitative estimate of drug-likeness (QED) is 0.187. The van der Waals surface area contributed by atoms with Gasteiger partial charge < -0.3 is 18.9 Å². The summed E-state index contributed by atoms with van der Waals surface area (Å²) < 4.78 is 13.4. The number of fused-ring (bicyclic) bond motifs is 1. The topological polar surface area (TPSA) is 87.8 Å². The van der Waals surface area contributed by atoms with Crippen molar-refractivity contribution in [1.29, 1.82) is 5.26 Å². The number of carbonyl (C=O) groups excluding carboxylic acids is 1. The van der Waals surface area contributed by atoms with Gasteiger partial charge in [-0.2, -0.15) is 5.26 Å². The number of hydrogen-bond donors (Lipinski definition) is 0. The number of benzene rings is 2. The number of nitrogens with zero attached hydrogens (tertiary/aromatic N) is 4. The van der Waals surface area contributed by atoms with E-state index in [4.69, 9.17) is 9.47 Å². The van der Waals surface area contributed by atoms with Crippen LogP contribution in [0, 0.1) is 36.5 Å². The first-order valence-electron chi connectivity index (χ1n) is 16.3. The summed E-state index contributed by atoms with van der Waals surface area (Å²) in [5.41, 5.74) is 8.06. The molecule has 250 valence electrons. The van der Waals surface area contributed by atoms with E-state index in [0.717, 1.165) is 51.3 Å². The highest BCUT2D eigenvalue weighted by Gasteiger charge is 2.35. The Labute approximate surface area is 280 Å². The van der Waals surface area contributed by atoms with Gasteiger partial charge in [0.1, 0.15) is 23.1 Å². The molecule has 1 aliphatic rings. The molecule has 1 unspecified atom stereocenters. The number of nitriles is 1. The average Bonchev–Trinajstić information content (AvgIpc) is 3.02. The molecule has 0 saturated carbocycles. The van der Waals surface area contributed by atoms with E-state index in [1.165, 1.54) is 11.1 Å². The van der Waals surface area contributed by atoms with E-state index >= 15 is 0 Å². The third-order valence-electron chi connectivity index (χ3n) is 9.10. The Morgan fingerprint density at radius 3 is 2.30 bits per heavy atom. The molecule has 4 rings (SSSR count). The van der Waals surface area contributed by atoms with Crippen molar-refractivity contribution < 1.29 is 14.3 Å². The van der Waals surface area contributed by atoms with E-state index in [0.29, 0.717) is 19.6 Å². The number of carbonyl (C=O) groups is 1. The average molecular weight is 639 g/mol. The van der Waals surface area contributed by atoms with Crippen molar-refractivity contribution in [1.82, 2.24) is 14.4 Å². The number of pyridine rings is 1. The van der Waals surface area contributed by atoms with Crippen molar-refractivity contribution in [2.24, 2.45) is 18.4 Å². The monoisotopic (exact) mass is 638 g/mol. The second kappa shape index (κ2) is 14.2. The van der Waals surface area contributed by atoms with Gasteiger partial charge in [-0.1, -0.05) is 58.9 Å². The van der Waals surface area contributed by atoms with Crippen LogP contribution in [0.4, 0.5) is 0 Å². The lowest BCUT2D eigenvalue weighted by molar-refractivity contribution is -0.130. The molecule has 3 aromatic rings. The van der Waals surface area contributed by atoms with Crippen molar-refractivity contribution in [3.05, 3.63) is 91.9 Å². The van der Waals surface area contributed by atoms with E-state index in [-0.39, 0.29) is 34.4 Å². The van der Waals surface area contributed by atoms with Crippen LogP contribution in [-0.4, -0.2) is 48.1 Å². The van der Waals surface area contributed by atoms with E-state index < -0.39 is 0 Å². The lowest BCUT2D eigenvalue weighted by Crippen LogP contribution is -2.43. The molecule has 0 saturated heterocycles. The maximum absolute atomic E-state index is 13.7. The molecule has 0 fully saturated rings. The highest BCUT2D eigenvalue weighted by atomic mass is 16.5. The van der Waals surface area contributed by atoms with Crippen molar-refractivity contribution >= 4 is 5.91 Å². The van der Waals surface area contributed by atoms with Crippen LogP contribution in [0.2, 0.25) is 0 Å². The van der Waals surface area contributed by atoms with E-state index in [1.54, 1.807) is 31.9 Å². The summed E-state index contributed by atoms with van der Waals surface area (Å²) in [6, 6.07) is 12.5. The van der Waals surface area contributed by atoms with Crippen LogP contribution in [-0.2, 0) is 31.4 Å². The molecule has 0 N–H and O–H groups in total. The summed E-state index contributed by atoms with van der Waals surface area (Å²) in [5, 5.41) is 9.87. The Morgan fingerprint density at radius 1 is 1.11 bits per heavy atom. The van der Waals surface area contributed by atoms with Crippen molar-refractivity contribution in [2.75, 3.05) is 27.8 Å². The summed E-state index contributed by atoms with van der Waals surface area (Å²) in [7, 11) is 7.19. The molecule has 0 bridgehead atoms. The van der Waals surface area contributed by atoms with Gasteiger partial charge in [0.25, 0.3) is 11.5 Å². The van der Waals surface area contributed by atoms with Crippen LogP contribution < -0.4 is 15.0 Å². The van der Waals surface area contributed by atoms with Crippen molar-refractivity contribution in [3.8, 4) is 28.7 Å². The fourth-order valence-corrected chi connectivity index (χ4v) is 6.78. The van der Waals surface area contributed by atoms with Crippen molar-refractivity contribution in [2.45, 2.75) is 74.0 Å². The molecule has 8 nitrogen and oxygen atoms in total. The minimum Gasteiger partial charge on any atom is -0.496 e. The van der Waals surface area contributed by atoms with Crippen LogP contribution in [0.5, 0.6) is 11.5 Å². The molecule has 0 spiro atoms. The molecule has 2 aromatic carbocycles. The summed E-state index contributed by atoms with van der Waals surface area (Å²) in [6.07, 6.45) is 4.37. The van der Waals surface area contributed by atoms with Gasteiger partial charge in [-0.3, -0.25) is 14.5 Å². The molecule has 1 atom stereocenters. The molecule has 2 heterocycles. The fraction of sp³-hybridized carbons (Fsp3) is 0.462. The second-order valence-electron chi connectivity index (χ2n) is 14.2. The lowest BCUT2D eigenvalue weighted by atomic mass is 9.83. The van der Waals surface area contributed by atoms with E-state index in [1.807, 2.05) is 57.8 Å². The first-order chi connectivity index (χ1) is 22.1. The fourth-order valence-electron chi connectivity index (χ4n) is 6.78. The molecule has 8 heteroatoms. The number of aromatic nitrogens is 1. The van der Waals surface area contributed by atoms with Gasteiger partial charge in [0, 0.05) is 44.0 Å². The van der Waals surface area contributed by atoms with Gasteiger partial charge in [0.15, 0.2) is 0 Å².